The molecule has 3 N–H and O–H groups in total. The maximum Gasteiger partial charge on any atom is 0.331 e. The number of nitrogen functional groups attached to an aromatic ring is 1. The normalized spacial score (nSPS) is 18.5. The number of aromatic nitrogens is 4. The number of hydrogen-bond donors (Lipinski definition) is 2. The lowest BCUT2D eigenvalue weighted by molar-refractivity contribution is -0.0279. The standard InChI is InChI=1S/C29H32N5O7PS2/c30-26-25-27(32-18-31-26)34(19-33-25)24-15-22(23(16-35)41-24)17-42(38,39-11-13-43-28(36)20-7-3-1-4-8-20)40-12-14-44-29(37)21-9-5-2-6-10-21/h1-10,18-19,22-24,35H,11-17H2,(H2,30,31,32). The summed E-state index contributed by atoms with van der Waals surface area (Å²) in [6, 6.07) is 17.7. The molecule has 1 aliphatic heterocycles. The summed E-state index contributed by atoms with van der Waals surface area (Å²) < 4.78 is 33.6. The van der Waals surface area contributed by atoms with Gasteiger partial charge in [0.1, 0.15) is 18.1 Å². The lowest BCUT2D eigenvalue weighted by atomic mass is 10.0. The highest BCUT2D eigenvalue weighted by Gasteiger charge is 2.42. The van der Waals surface area contributed by atoms with Crippen molar-refractivity contribution >= 4 is 58.3 Å². The van der Waals surface area contributed by atoms with Crippen LogP contribution in [0.5, 0.6) is 0 Å². The van der Waals surface area contributed by atoms with Gasteiger partial charge in [0.25, 0.3) is 0 Å². The zero-order chi connectivity index (χ0) is 30.9. The van der Waals surface area contributed by atoms with Crippen molar-refractivity contribution in [3.05, 3.63) is 84.4 Å². The number of fused-ring (bicyclic) bond motifs is 1. The second-order valence-electron chi connectivity index (χ2n) is 9.85. The third-order valence-electron chi connectivity index (χ3n) is 6.93. The fraction of sp³-hybridized carbons (Fsp3) is 0.345. The summed E-state index contributed by atoms with van der Waals surface area (Å²) >= 11 is 2.12. The van der Waals surface area contributed by atoms with Crippen LogP contribution < -0.4 is 5.73 Å². The van der Waals surface area contributed by atoms with E-state index in [4.69, 9.17) is 19.5 Å². The number of hydrogen-bond acceptors (Lipinski definition) is 13. The number of anilines is 1. The number of nitrogens with two attached hydrogens (primary N) is 1. The first-order valence-corrected chi connectivity index (χ1v) is 17.6. The number of carbonyl (C=O) groups excluding carboxylic acids is 2. The van der Waals surface area contributed by atoms with Crippen LogP contribution in [0.25, 0.3) is 11.2 Å². The number of nitrogens with zero attached hydrogens (tertiary/aromatic N) is 4. The van der Waals surface area contributed by atoms with Crippen molar-refractivity contribution in [2.24, 2.45) is 5.92 Å². The number of ether oxygens (including phenoxy) is 1. The van der Waals surface area contributed by atoms with Gasteiger partial charge in [-0.2, -0.15) is 0 Å². The molecule has 0 bridgehead atoms. The smallest absolute Gasteiger partial charge is 0.331 e. The Kier molecular flexibility index (Phi) is 11.2. The molecule has 1 aliphatic rings. The highest BCUT2D eigenvalue weighted by Crippen LogP contribution is 2.53. The summed E-state index contributed by atoms with van der Waals surface area (Å²) in [6.07, 6.45) is 2.02. The van der Waals surface area contributed by atoms with E-state index in [0.29, 0.717) is 28.7 Å². The molecule has 3 unspecified atom stereocenters. The van der Waals surface area contributed by atoms with E-state index in [-0.39, 0.29) is 53.5 Å². The summed E-state index contributed by atoms with van der Waals surface area (Å²) in [6.45, 7) is -0.312. The monoisotopic (exact) mass is 657 g/mol. The molecule has 3 atom stereocenters. The molecule has 15 heteroatoms. The molecule has 0 aliphatic carbocycles. The van der Waals surface area contributed by atoms with Gasteiger partial charge in [-0.05, 0) is 6.42 Å². The third-order valence-corrected chi connectivity index (χ3v) is 10.7. The van der Waals surface area contributed by atoms with Crippen LogP contribution in [-0.2, 0) is 18.3 Å². The molecule has 5 rings (SSSR count). The van der Waals surface area contributed by atoms with E-state index < -0.39 is 25.8 Å². The minimum atomic E-state index is -3.75. The first-order valence-electron chi connectivity index (χ1n) is 13.9. The molecule has 44 heavy (non-hydrogen) atoms. The van der Waals surface area contributed by atoms with Crippen molar-refractivity contribution in [1.29, 1.82) is 0 Å². The van der Waals surface area contributed by atoms with Crippen LogP contribution in [0.1, 0.15) is 33.4 Å². The molecule has 1 saturated heterocycles. The molecule has 0 radical (unpaired) electrons. The van der Waals surface area contributed by atoms with Crippen molar-refractivity contribution in [1.82, 2.24) is 19.5 Å². The minimum absolute atomic E-state index is 0.000239. The number of aliphatic hydroxyl groups excluding tert-OH is 1. The molecule has 4 aromatic rings. The Morgan fingerprint density at radius 1 is 0.955 bits per heavy atom. The van der Waals surface area contributed by atoms with Gasteiger partial charge in [-0.1, -0.05) is 84.2 Å². The molecule has 0 saturated carbocycles. The second-order valence-corrected chi connectivity index (χ2v) is 14.1. The fourth-order valence-corrected chi connectivity index (χ4v) is 8.33. The molecular weight excluding hydrogens is 625 g/mol. The summed E-state index contributed by atoms with van der Waals surface area (Å²) in [5.74, 6) is 0.361. The van der Waals surface area contributed by atoms with Crippen molar-refractivity contribution in [3.8, 4) is 0 Å². The summed E-state index contributed by atoms with van der Waals surface area (Å²) in [4.78, 5) is 37.5. The Morgan fingerprint density at radius 2 is 1.55 bits per heavy atom. The predicted molar refractivity (Wildman–Crippen MR) is 170 cm³/mol. The van der Waals surface area contributed by atoms with E-state index in [1.54, 1.807) is 59.4 Å². The van der Waals surface area contributed by atoms with Gasteiger partial charge < -0.3 is 24.6 Å². The van der Waals surface area contributed by atoms with E-state index in [9.17, 15) is 19.3 Å². The largest absolute Gasteiger partial charge is 0.394 e. The SMILES string of the molecule is Nc1ncnc2c1ncn2C1CC(CP(=O)(OCCSC(=O)c2ccccc2)OCCSC(=O)c2ccccc2)C(CO)O1. The molecule has 232 valence electrons. The van der Waals surface area contributed by atoms with Crippen molar-refractivity contribution < 1.29 is 33.0 Å². The van der Waals surface area contributed by atoms with Gasteiger partial charge in [0.05, 0.1) is 38.4 Å². The van der Waals surface area contributed by atoms with E-state index in [1.807, 2.05) is 12.1 Å². The van der Waals surface area contributed by atoms with E-state index >= 15 is 0 Å². The number of thioether (sulfide) groups is 2. The van der Waals surface area contributed by atoms with E-state index in [2.05, 4.69) is 15.0 Å². The van der Waals surface area contributed by atoms with Crippen LogP contribution in [0.4, 0.5) is 5.82 Å². The topological polar surface area (TPSA) is 169 Å². The first-order chi connectivity index (χ1) is 21.4. The molecule has 3 heterocycles. The maximum atomic E-state index is 14.1. The zero-order valence-corrected chi connectivity index (χ0v) is 26.2. The number of benzene rings is 2. The van der Waals surface area contributed by atoms with E-state index in [1.165, 1.54) is 6.33 Å². The van der Waals surface area contributed by atoms with Crippen molar-refractivity contribution in [2.75, 3.05) is 43.2 Å². The molecule has 2 aromatic carbocycles. The zero-order valence-electron chi connectivity index (χ0n) is 23.6. The van der Waals surface area contributed by atoms with Crippen molar-refractivity contribution in [2.45, 2.75) is 18.8 Å². The Labute approximate surface area is 262 Å². The number of imidazole rings is 1. The average molecular weight is 658 g/mol. The lowest BCUT2D eigenvalue weighted by Crippen LogP contribution is -2.24. The van der Waals surface area contributed by atoms with Crippen LogP contribution in [0, 0.1) is 5.92 Å². The highest BCUT2D eigenvalue weighted by molar-refractivity contribution is 8.14. The van der Waals surface area contributed by atoms with Crippen LogP contribution in [0.3, 0.4) is 0 Å². The van der Waals surface area contributed by atoms with E-state index in [0.717, 1.165) is 23.5 Å². The van der Waals surface area contributed by atoms with Crippen molar-refractivity contribution in [3.63, 3.8) is 0 Å². The van der Waals surface area contributed by atoms with Gasteiger partial charge in [0.15, 0.2) is 11.5 Å². The van der Waals surface area contributed by atoms with Gasteiger partial charge in [-0.3, -0.25) is 18.7 Å². The Balaban J connectivity index is 1.23. The number of rotatable bonds is 14. The summed E-state index contributed by atoms with van der Waals surface area (Å²) in [5, 5.41) is 9.88. The fourth-order valence-electron chi connectivity index (χ4n) is 4.79. The summed E-state index contributed by atoms with van der Waals surface area (Å²) in [5.41, 5.74) is 7.97. The molecule has 12 nitrogen and oxygen atoms in total. The minimum Gasteiger partial charge on any atom is -0.394 e. The van der Waals surface area contributed by atoms with Crippen LogP contribution >= 0.6 is 31.1 Å². The van der Waals surface area contributed by atoms with Gasteiger partial charge in [-0.15, -0.1) is 0 Å². The Morgan fingerprint density at radius 3 is 2.11 bits per heavy atom. The van der Waals surface area contributed by atoms with Gasteiger partial charge >= 0.3 is 7.60 Å². The predicted octanol–water partition coefficient (Wildman–Crippen LogP) is 4.68. The molecule has 1 fully saturated rings. The summed E-state index contributed by atoms with van der Waals surface area (Å²) in [7, 11) is -3.75. The Bertz CT molecular complexity index is 1550. The first kappa shape index (κ1) is 32.3. The van der Waals surface area contributed by atoms with Gasteiger partial charge in [-0.25, -0.2) is 15.0 Å². The molecule has 0 amide bonds. The number of carbonyl (C=O) groups is 2. The second kappa shape index (κ2) is 15.3. The highest BCUT2D eigenvalue weighted by atomic mass is 32.2. The maximum absolute atomic E-state index is 14.1. The van der Waals surface area contributed by atoms with Gasteiger partial charge in [0.2, 0.25) is 10.2 Å². The number of aliphatic hydroxyl groups is 1. The average Bonchev–Trinajstić information content (AvgIpc) is 3.66. The quantitative estimate of drug-likeness (QED) is 0.142. The Hall–Kier alpha value is -3.10. The molecule has 2 aromatic heterocycles. The van der Waals surface area contributed by atoms with Gasteiger partial charge in [0, 0.05) is 28.6 Å². The molecule has 0 spiro atoms. The molecular formula is C29H32N5O7PS2. The lowest BCUT2D eigenvalue weighted by Gasteiger charge is -2.23. The van der Waals surface area contributed by atoms with Crippen LogP contribution in [-0.4, -0.2) is 78.4 Å². The third kappa shape index (κ3) is 8.13. The van der Waals surface area contributed by atoms with Crippen LogP contribution in [0.2, 0.25) is 0 Å². The van der Waals surface area contributed by atoms with Crippen LogP contribution in [0.15, 0.2) is 73.3 Å².